The van der Waals surface area contributed by atoms with Crippen molar-refractivity contribution in [2.24, 2.45) is 0 Å². The first-order chi connectivity index (χ1) is 18.1. The minimum Gasteiger partial charge on any atom is -0.479 e. The predicted octanol–water partition coefficient (Wildman–Crippen LogP) is 1.05. The monoisotopic (exact) mass is 525 g/mol. The van der Waals surface area contributed by atoms with Gasteiger partial charge in [-0.05, 0) is 25.6 Å². The van der Waals surface area contributed by atoms with Crippen molar-refractivity contribution in [3.05, 3.63) is 59.5 Å². The molecule has 0 aliphatic carbocycles. The van der Waals surface area contributed by atoms with Crippen molar-refractivity contribution in [2.75, 3.05) is 43.4 Å². The molecule has 1 aromatic carbocycles. The lowest BCUT2D eigenvalue weighted by atomic mass is 10.2. The number of nitrogens with zero attached hydrogens (tertiary/aromatic N) is 5. The summed E-state index contributed by atoms with van der Waals surface area (Å²) in [4.78, 5) is 33.6. The molecule has 0 bridgehead atoms. The van der Waals surface area contributed by atoms with E-state index in [9.17, 15) is 9.59 Å². The third kappa shape index (κ3) is 8.37. The molecule has 1 saturated heterocycles. The molecular weight excluding hydrogens is 494 g/mol. The van der Waals surface area contributed by atoms with Crippen LogP contribution in [0.4, 0.5) is 17.5 Å². The number of anilines is 3. The Balaban J connectivity index is 0.000000342. The van der Waals surface area contributed by atoms with Crippen molar-refractivity contribution >= 4 is 41.5 Å². The number of aliphatic hydroxyl groups is 2. The third-order valence-corrected chi connectivity index (χ3v) is 5.55. The molecule has 202 valence electrons. The summed E-state index contributed by atoms with van der Waals surface area (Å²) in [6.45, 7) is 5.94. The first-order valence-electron chi connectivity index (χ1n) is 11.8. The van der Waals surface area contributed by atoms with E-state index < -0.39 is 24.1 Å². The summed E-state index contributed by atoms with van der Waals surface area (Å²) in [6, 6.07) is 14.1. The molecule has 6 N–H and O–H groups in total. The molecule has 2 atom stereocenters. The van der Waals surface area contributed by atoms with Gasteiger partial charge in [-0.3, -0.25) is 5.10 Å². The zero-order valence-electron chi connectivity index (χ0n) is 21.0. The Hall–Kier alpha value is -4.33. The van der Waals surface area contributed by atoms with Crippen molar-refractivity contribution in [1.82, 2.24) is 25.1 Å². The molecule has 1 aliphatic rings. The van der Waals surface area contributed by atoms with Gasteiger partial charge in [0.25, 0.3) is 0 Å². The Morgan fingerprint density at radius 1 is 0.947 bits per heavy atom. The summed E-state index contributed by atoms with van der Waals surface area (Å²) >= 11 is 0. The van der Waals surface area contributed by atoms with Crippen LogP contribution in [0.15, 0.2) is 42.5 Å². The van der Waals surface area contributed by atoms with E-state index >= 15 is 0 Å². The van der Waals surface area contributed by atoms with E-state index in [4.69, 9.17) is 25.4 Å². The van der Waals surface area contributed by atoms with Crippen molar-refractivity contribution in [3.63, 3.8) is 0 Å². The topological polar surface area (TPSA) is 188 Å². The first kappa shape index (κ1) is 28.2. The van der Waals surface area contributed by atoms with Gasteiger partial charge in [0.05, 0.1) is 0 Å². The minimum absolute atomic E-state index is 0.676. The molecule has 0 saturated carbocycles. The molecule has 0 unspecified atom stereocenters. The second-order valence-electron chi connectivity index (χ2n) is 8.63. The predicted molar refractivity (Wildman–Crippen MR) is 141 cm³/mol. The van der Waals surface area contributed by atoms with E-state index in [-0.39, 0.29) is 0 Å². The molecule has 0 amide bonds. The van der Waals surface area contributed by atoms with E-state index in [1.54, 1.807) is 0 Å². The summed E-state index contributed by atoms with van der Waals surface area (Å²) in [6.07, 6.45) is -0.545. The Kier molecular flexibility index (Phi) is 9.87. The van der Waals surface area contributed by atoms with Gasteiger partial charge in [-0.15, -0.1) is 0 Å². The van der Waals surface area contributed by atoms with E-state index in [2.05, 4.69) is 49.5 Å². The summed E-state index contributed by atoms with van der Waals surface area (Å²) in [7, 11) is 2.15. The molecule has 13 nitrogen and oxygen atoms in total. The normalized spacial score (nSPS) is 15.4. The number of aromatic amines is 1. The van der Waals surface area contributed by atoms with Crippen LogP contribution in [0.3, 0.4) is 0 Å². The average Bonchev–Trinajstić information content (AvgIpc) is 3.32. The fraction of sp³-hybridized carbons (Fsp3) is 0.320. The van der Waals surface area contributed by atoms with Crippen LogP contribution >= 0.6 is 0 Å². The van der Waals surface area contributed by atoms with Crippen LogP contribution in [0.2, 0.25) is 0 Å². The quantitative estimate of drug-likeness (QED) is 0.246. The highest BCUT2D eigenvalue weighted by atomic mass is 16.4. The summed E-state index contributed by atoms with van der Waals surface area (Å²) in [5.41, 5.74) is 2.12. The Bertz CT molecular complexity index is 1220. The number of carbonyl (C=O) groups is 2. The van der Waals surface area contributed by atoms with Crippen LogP contribution in [-0.4, -0.2) is 103 Å². The third-order valence-electron chi connectivity index (χ3n) is 5.55. The fourth-order valence-corrected chi connectivity index (χ4v) is 3.41. The van der Waals surface area contributed by atoms with Crippen LogP contribution in [0.25, 0.3) is 12.2 Å². The molecule has 0 spiro atoms. The second kappa shape index (κ2) is 13.3. The Morgan fingerprint density at radius 2 is 1.58 bits per heavy atom. The average molecular weight is 526 g/mol. The zero-order chi connectivity index (χ0) is 27.7. The van der Waals surface area contributed by atoms with E-state index in [0.717, 1.165) is 54.9 Å². The number of aryl methyl sites for hydroxylation is 1. The van der Waals surface area contributed by atoms with Gasteiger partial charge >= 0.3 is 11.9 Å². The number of rotatable bonds is 8. The molecule has 0 radical (unpaired) electrons. The molecule has 1 fully saturated rings. The zero-order valence-corrected chi connectivity index (χ0v) is 21.0. The van der Waals surface area contributed by atoms with Gasteiger partial charge in [0.1, 0.15) is 11.6 Å². The van der Waals surface area contributed by atoms with Gasteiger partial charge in [-0.2, -0.15) is 5.10 Å². The van der Waals surface area contributed by atoms with Crippen LogP contribution in [0.1, 0.15) is 17.1 Å². The fourth-order valence-electron chi connectivity index (χ4n) is 3.41. The van der Waals surface area contributed by atoms with Gasteiger partial charge in [-0.25, -0.2) is 19.6 Å². The van der Waals surface area contributed by atoms with Gasteiger partial charge in [-0.1, -0.05) is 36.4 Å². The van der Waals surface area contributed by atoms with Crippen molar-refractivity contribution < 1.29 is 30.0 Å². The van der Waals surface area contributed by atoms with Crippen molar-refractivity contribution in [3.8, 4) is 0 Å². The number of benzene rings is 1. The second-order valence-corrected chi connectivity index (χ2v) is 8.63. The maximum absolute atomic E-state index is 9.77. The summed E-state index contributed by atoms with van der Waals surface area (Å²) in [5, 5.41) is 43.0. The summed E-state index contributed by atoms with van der Waals surface area (Å²) in [5.74, 6) is -0.438. The maximum Gasteiger partial charge on any atom is 0.335 e. The highest BCUT2D eigenvalue weighted by Crippen LogP contribution is 2.21. The van der Waals surface area contributed by atoms with Crippen molar-refractivity contribution in [2.45, 2.75) is 19.1 Å². The smallest absolute Gasteiger partial charge is 0.335 e. The SMILES string of the molecule is Cc1cc(Nc2cc(N3CCN(C)CC3)nc(/C=C/c3ccccc3)n2)n[nH]1.O=C(O)[C@H](O)[C@@H](O)C(=O)O. The number of nitrogens with one attached hydrogen (secondary N) is 2. The van der Waals surface area contributed by atoms with Gasteiger partial charge in [0.15, 0.2) is 23.9 Å². The van der Waals surface area contributed by atoms with E-state index in [0.29, 0.717) is 5.82 Å². The van der Waals surface area contributed by atoms with Crippen molar-refractivity contribution in [1.29, 1.82) is 0 Å². The van der Waals surface area contributed by atoms with Gasteiger partial charge in [0, 0.05) is 44.0 Å². The Morgan fingerprint density at radius 3 is 2.13 bits per heavy atom. The molecule has 38 heavy (non-hydrogen) atoms. The van der Waals surface area contributed by atoms with E-state index in [1.165, 1.54) is 0 Å². The molecule has 2 aromatic heterocycles. The Labute approximate surface area is 219 Å². The number of carboxylic acids is 2. The first-order valence-corrected chi connectivity index (χ1v) is 11.8. The highest BCUT2D eigenvalue weighted by molar-refractivity contribution is 5.83. The highest BCUT2D eigenvalue weighted by Gasteiger charge is 2.29. The molecule has 13 heteroatoms. The molecule has 4 rings (SSSR count). The van der Waals surface area contributed by atoms with Gasteiger partial charge in [0.2, 0.25) is 0 Å². The standard InChI is InChI=1S/C21H25N7.C4H6O6/c1-16-14-20(26-25-16)23-19-15-21(28-12-10-27(2)11-13-28)24-18(22-19)9-8-17-6-4-3-5-7-17;5-1(3(7)8)2(6)4(9)10/h3-9,14-15H,10-13H2,1-2H3,(H2,22,23,24,25,26);1-2,5-6H,(H,7,8)(H,9,10)/b9-8+;/t;1-,2-/m.1/s1. The lowest BCUT2D eigenvalue weighted by Crippen LogP contribution is -2.44. The van der Waals surface area contributed by atoms with Crippen LogP contribution in [0.5, 0.6) is 0 Å². The number of hydrogen-bond donors (Lipinski definition) is 6. The lowest BCUT2D eigenvalue weighted by molar-refractivity contribution is -0.165. The number of carboxylic acid groups (broad SMARTS) is 2. The number of hydrogen-bond acceptors (Lipinski definition) is 10. The number of aromatic nitrogens is 4. The minimum atomic E-state index is -2.27. The number of H-pyrrole nitrogens is 1. The molecule has 3 heterocycles. The van der Waals surface area contributed by atoms with Gasteiger partial charge < -0.3 is 35.5 Å². The molecule has 1 aliphatic heterocycles. The lowest BCUT2D eigenvalue weighted by Gasteiger charge is -2.33. The van der Waals surface area contributed by atoms with Crippen LogP contribution in [-0.2, 0) is 9.59 Å². The summed E-state index contributed by atoms with van der Waals surface area (Å²) < 4.78 is 0. The number of aliphatic carboxylic acids is 2. The number of piperazine rings is 1. The maximum atomic E-state index is 9.77. The molecular formula is C25H31N7O6. The number of likely N-dealkylation sites (N-methyl/N-ethyl adjacent to an activating group) is 1. The van der Waals surface area contributed by atoms with Crippen LogP contribution in [0, 0.1) is 6.92 Å². The largest absolute Gasteiger partial charge is 0.479 e. The molecule has 3 aromatic rings. The van der Waals surface area contributed by atoms with E-state index in [1.807, 2.05) is 49.4 Å². The van der Waals surface area contributed by atoms with Crippen LogP contribution < -0.4 is 10.2 Å². The number of aliphatic hydroxyl groups excluding tert-OH is 2.